The highest BCUT2D eigenvalue weighted by Crippen LogP contribution is 2.56. The molecule has 45 heavy (non-hydrogen) atoms. The van der Waals surface area contributed by atoms with Crippen molar-refractivity contribution < 1.29 is 38.0 Å². The summed E-state index contributed by atoms with van der Waals surface area (Å²) in [5.41, 5.74) is 10.7. The molecule has 1 fully saturated rings. The highest BCUT2D eigenvalue weighted by atomic mass is 16.7. The molecule has 10 heteroatoms. The first-order valence-corrected chi connectivity index (χ1v) is 14.6. The molecule has 4 aromatic rings. The average Bonchev–Trinajstić information content (AvgIpc) is 3.69. The van der Waals surface area contributed by atoms with Gasteiger partial charge < -0.3 is 39.5 Å². The molecule has 3 N–H and O–H groups in total. The van der Waals surface area contributed by atoms with Crippen LogP contribution < -0.4 is 34.7 Å². The van der Waals surface area contributed by atoms with Gasteiger partial charge in [-0.1, -0.05) is 12.1 Å². The van der Waals surface area contributed by atoms with Crippen molar-refractivity contribution in [1.29, 1.82) is 0 Å². The van der Waals surface area contributed by atoms with E-state index in [4.69, 9.17) is 34.2 Å². The molecular weight excluding hydrogens is 576 g/mol. The van der Waals surface area contributed by atoms with Crippen LogP contribution in [0.4, 0.5) is 11.4 Å². The molecule has 1 aliphatic carbocycles. The minimum atomic E-state index is -0.557. The van der Waals surface area contributed by atoms with Gasteiger partial charge >= 0.3 is 5.97 Å². The number of nitrogen functional groups attached to an aromatic ring is 1. The molecule has 4 aromatic carbocycles. The zero-order valence-corrected chi connectivity index (χ0v) is 25.0. The van der Waals surface area contributed by atoms with E-state index < -0.39 is 17.9 Å². The highest BCUT2D eigenvalue weighted by molar-refractivity contribution is 6.12. The number of ketones is 1. The minimum absolute atomic E-state index is 0.0962. The van der Waals surface area contributed by atoms with Gasteiger partial charge in [-0.15, -0.1) is 0 Å². The third-order valence-electron chi connectivity index (χ3n) is 8.89. The molecule has 7 rings (SSSR count). The molecule has 1 saturated heterocycles. The summed E-state index contributed by atoms with van der Waals surface area (Å²) < 4.78 is 34.3. The Balaban J connectivity index is 1.37. The lowest BCUT2D eigenvalue weighted by molar-refractivity contribution is -0.141. The molecule has 4 atom stereocenters. The number of benzene rings is 4. The van der Waals surface area contributed by atoms with Crippen LogP contribution >= 0.6 is 0 Å². The van der Waals surface area contributed by atoms with Crippen molar-refractivity contribution in [3.63, 3.8) is 0 Å². The van der Waals surface area contributed by atoms with Gasteiger partial charge in [0, 0.05) is 34.3 Å². The van der Waals surface area contributed by atoms with Gasteiger partial charge in [0.2, 0.25) is 12.5 Å². The summed E-state index contributed by atoms with van der Waals surface area (Å²) in [7, 11) is 4.67. The number of methoxy groups -OCH3 is 3. The number of anilines is 2. The number of nitrogens with one attached hydrogen (secondary N) is 1. The van der Waals surface area contributed by atoms with E-state index in [9.17, 15) is 9.59 Å². The second-order valence-corrected chi connectivity index (χ2v) is 11.2. The smallest absolute Gasteiger partial charge is 0.310 e. The predicted octanol–water partition coefficient (Wildman–Crippen LogP) is 5.34. The van der Waals surface area contributed by atoms with Gasteiger partial charge in [-0.3, -0.25) is 9.59 Å². The SMILES string of the molecule is COc1cc([C@@H]2c3cc4c(cc3[C@@H](Nc3ccccc3C(=O)c3ccc(N)cc3)[C@H]3COC(=O)[C@H]23)OCO4)cc(OC)c1OC. The average molecular weight is 609 g/mol. The third kappa shape index (κ3) is 4.73. The Morgan fingerprint density at radius 2 is 1.51 bits per heavy atom. The molecule has 0 aromatic heterocycles. The fraction of sp³-hybridized carbons (Fsp3) is 0.257. The molecule has 230 valence electrons. The summed E-state index contributed by atoms with van der Waals surface area (Å²) >= 11 is 0. The monoisotopic (exact) mass is 608 g/mol. The number of nitrogens with two attached hydrogens (primary N) is 1. The Morgan fingerprint density at radius 3 is 2.18 bits per heavy atom. The highest BCUT2D eigenvalue weighted by Gasteiger charge is 2.53. The van der Waals surface area contributed by atoms with Crippen LogP contribution in [0.1, 0.15) is 44.6 Å². The van der Waals surface area contributed by atoms with E-state index in [2.05, 4.69) is 5.32 Å². The van der Waals surface area contributed by atoms with Crippen LogP contribution in [0, 0.1) is 11.8 Å². The van der Waals surface area contributed by atoms with Gasteiger partial charge in [0.25, 0.3) is 0 Å². The molecule has 3 aliphatic rings. The van der Waals surface area contributed by atoms with Gasteiger partial charge in [0.05, 0.1) is 39.9 Å². The normalized spacial score (nSPS) is 20.9. The van der Waals surface area contributed by atoms with E-state index in [-0.39, 0.29) is 31.1 Å². The molecule has 2 heterocycles. The lowest BCUT2D eigenvalue weighted by atomic mass is 9.65. The molecule has 0 amide bonds. The molecule has 0 unspecified atom stereocenters. The number of ether oxygens (including phenoxy) is 6. The molecular formula is C35H32N2O8. The van der Waals surface area contributed by atoms with E-state index in [1.807, 2.05) is 42.5 Å². The molecule has 0 saturated carbocycles. The van der Waals surface area contributed by atoms with Crippen molar-refractivity contribution in [3.05, 3.63) is 101 Å². The fourth-order valence-corrected chi connectivity index (χ4v) is 6.79. The molecule has 0 bridgehead atoms. The van der Waals surface area contributed by atoms with Crippen LogP contribution in [-0.4, -0.2) is 46.5 Å². The maximum Gasteiger partial charge on any atom is 0.310 e. The number of para-hydroxylation sites is 1. The Morgan fingerprint density at radius 1 is 0.844 bits per heavy atom. The Hall–Kier alpha value is -5.38. The van der Waals surface area contributed by atoms with Crippen molar-refractivity contribution in [3.8, 4) is 28.7 Å². The number of hydrogen-bond donors (Lipinski definition) is 2. The van der Waals surface area contributed by atoms with E-state index in [0.717, 1.165) is 16.7 Å². The second kappa shape index (κ2) is 11.3. The molecule has 2 aliphatic heterocycles. The third-order valence-corrected chi connectivity index (χ3v) is 8.89. The summed E-state index contributed by atoms with van der Waals surface area (Å²) in [5, 5.41) is 3.64. The van der Waals surface area contributed by atoms with Crippen molar-refractivity contribution in [2.75, 3.05) is 45.8 Å². The summed E-state index contributed by atoms with van der Waals surface area (Å²) in [6, 6.07) is 21.4. The van der Waals surface area contributed by atoms with Crippen molar-refractivity contribution in [1.82, 2.24) is 0 Å². The number of cyclic esters (lactones) is 1. The van der Waals surface area contributed by atoms with E-state index in [1.165, 1.54) is 0 Å². The number of rotatable bonds is 8. The summed E-state index contributed by atoms with van der Waals surface area (Å²) in [6.07, 6.45) is 0. The lowest BCUT2D eigenvalue weighted by Crippen LogP contribution is -2.38. The number of carbonyl (C=O) groups is 2. The lowest BCUT2D eigenvalue weighted by Gasteiger charge is -2.40. The van der Waals surface area contributed by atoms with E-state index in [0.29, 0.717) is 51.2 Å². The van der Waals surface area contributed by atoms with E-state index >= 15 is 0 Å². The Labute approximate surface area is 259 Å². The molecule has 0 radical (unpaired) electrons. The summed E-state index contributed by atoms with van der Waals surface area (Å²) in [5.74, 6) is 0.899. The maximum atomic E-state index is 13.7. The minimum Gasteiger partial charge on any atom is -0.493 e. The Bertz CT molecular complexity index is 1780. The van der Waals surface area contributed by atoms with Crippen molar-refractivity contribution >= 4 is 23.1 Å². The van der Waals surface area contributed by atoms with Crippen LogP contribution in [0.15, 0.2) is 72.8 Å². The van der Waals surface area contributed by atoms with E-state index in [1.54, 1.807) is 51.7 Å². The topological polar surface area (TPSA) is 128 Å². The number of fused-ring (bicyclic) bond motifs is 3. The van der Waals surface area contributed by atoms with Crippen LogP contribution in [0.25, 0.3) is 0 Å². The van der Waals surface area contributed by atoms with Gasteiger partial charge in [-0.25, -0.2) is 0 Å². The first-order valence-electron chi connectivity index (χ1n) is 14.6. The van der Waals surface area contributed by atoms with Gasteiger partial charge in [0.1, 0.15) is 0 Å². The predicted molar refractivity (Wildman–Crippen MR) is 166 cm³/mol. The number of carbonyl (C=O) groups excluding carboxylic acids is 2. The summed E-state index contributed by atoms with van der Waals surface area (Å²) in [4.78, 5) is 27.3. The first-order chi connectivity index (χ1) is 21.9. The first kappa shape index (κ1) is 28.4. The van der Waals surface area contributed by atoms with Crippen LogP contribution in [0.2, 0.25) is 0 Å². The van der Waals surface area contributed by atoms with Crippen molar-refractivity contribution in [2.24, 2.45) is 11.8 Å². The number of hydrogen-bond acceptors (Lipinski definition) is 10. The van der Waals surface area contributed by atoms with Crippen LogP contribution in [0.5, 0.6) is 28.7 Å². The standard InChI is InChI=1S/C35H32N2O8/c1-40-28-12-19(13-29(41-2)34(28)42-3)30-22-14-26-27(45-17-44-26)15-23(22)32(24-16-43-35(39)31(24)30)37-25-7-5-4-6-21(25)33(38)18-8-10-20(36)11-9-18/h4-15,24,30-32,37H,16-17,36H2,1-3H3/t24-,30+,31-,32+/m0/s1. The fourth-order valence-electron chi connectivity index (χ4n) is 6.79. The van der Waals surface area contributed by atoms with Gasteiger partial charge in [-0.2, -0.15) is 0 Å². The molecule has 10 nitrogen and oxygen atoms in total. The van der Waals surface area contributed by atoms with Gasteiger partial charge in [-0.05, 0) is 77.4 Å². The van der Waals surface area contributed by atoms with Gasteiger partial charge in [0.15, 0.2) is 28.8 Å². The maximum absolute atomic E-state index is 13.7. The number of esters is 1. The largest absolute Gasteiger partial charge is 0.493 e. The summed E-state index contributed by atoms with van der Waals surface area (Å²) in [6.45, 7) is 0.295. The second-order valence-electron chi connectivity index (χ2n) is 11.2. The quantitative estimate of drug-likeness (QED) is 0.154. The zero-order chi connectivity index (χ0) is 31.2. The van der Waals surface area contributed by atoms with Crippen LogP contribution in [0.3, 0.4) is 0 Å². The van der Waals surface area contributed by atoms with Crippen LogP contribution in [-0.2, 0) is 9.53 Å². The zero-order valence-electron chi connectivity index (χ0n) is 25.0. The van der Waals surface area contributed by atoms with Crippen molar-refractivity contribution in [2.45, 2.75) is 12.0 Å². The Kier molecular flexibility index (Phi) is 7.12. The molecule has 0 spiro atoms.